The third-order valence-electron chi connectivity index (χ3n) is 4.41. The van der Waals surface area contributed by atoms with Gasteiger partial charge in [0, 0.05) is 51.0 Å². The highest BCUT2D eigenvalue weighted by molar-refractivity contribution is 5.93. The van der Waals surface area contributed by atoms with Crippen molar-refractivity contribution in [1.82, 2.24) is 29.8 Å². The maximum Gasteiger partial charge on any atom is 0.354 e. The molecule has 0 aromatic carbocycles. The van der Waals surface area contributed by atoms with E-state index in [0.29, 0.717) is 37.3 Å². The smallest absolute Gasteiger partial charge is 0.354 e. The molecule has 1 aliphatic heterocycles. The number of carbonyl (C=O) groups excluding carboxylic acids is 1. The third kappa shape index (κ3) is 3.87. The lowest BCUT2D eigenvalue weighted by atomic mass is 10.2. The van der Waals surface area contributed by atoms with Crippen LogP contribution in [0, 0.1) is 0 Å². The van der Waals surface area contributed by atoms with Gasteiger partial charge in [-0.2, -0.15) is 10.2 Å². The van der Waals surface area contributed by atoms with Crippen LogP contribution in [0.4, 0.5) is 0 Å². The second-order valence-corrected chi connectivity index (χ2v) is 6.08. The van der Waals surface area contributed by atoms with Gasteiger partial charge in [-0.15, -0.1) is 0 Å². The van der Waals surface area contributed by atoms with Crippen LogP contribution in [0.5, 0.6) is 0 Å². The maximum absolute atomic E-state index is 12.6. The summed E-state index contributed by atoms with van der Waals surface area (Å²) >= 11 is 0. The van der Waals surface area contributed by atoms with Crippen molar-refractivity contribution in [2.24, 2.45) is 0 Å². The Morgan fingerprint density at radius 1 is 1.24 bits per heavy atom. The standard InChI is InChI=1S/C16H22N6O3/c1-2-22-11-13(9-18-22)15(23)21-5-3-4-20(6-7-21)10-12-8-17-19-14(12)16(24)25/h8-9,11H,2-7,10H2,1H3,(H,17,19)(H,24,25). The van der Waals surface area contributed by atoms with Gasteiger partial charge < -0.3 is 10.0 Å². The number of nitrogens with one attached hydrogen (secondary N) is 1. The highest BCUT2D eigenvalue weighted by Crippen LogP contribution is 2.13. The Labute approximate surface area is 145 Å². The van der Waals surface area contributed by atoms with E-state index in [1.165, 1.54) is 0 Å². The quantitative estimate of drug-likeness (QED) is 0.824. The first-order valence-corrected chi connectivity index (χ1v) is 8.38. The minimum atomic E-state index is -1.01. The van der Waals surface area contributed by atoms with Gasteiger partial charge in [0.15, 0.2) is 0 Å². The molecule has 3 rings (SSSR count). The van der Waals surface area contributed by atoms with E-state index in [9.17, 15) is 9.59 Å². The number of H-pyrrole nitrogens is 1. The van der Waals surface area contributed by atoms with Gasteiger partial charge >= 0.3 is 5.97 Å². The summed E-state index contributed by atoms with van der Waals surface area (Å²) in [5, 5.41) is 19.6. The van der Waals surface area contributed by atoms with Crippen molar-refractivity contribution in [3.63, 3.8) is 0 Å². The Morgan fingerprint density at radius 3 is 2.80 bits per heavy atom. The van der Waals surface area contributed by atoms with Crippen LogP contribution in [-0.2, 0) is 13.1 Å². The number of aromatic nitrogens is 4. The summed E-state index contributed by atoms with van der Waals surface area (Å²) in [6.45, 7) is 6.01. The number of hydrogen-bond acceptors (Lipinski definition) is 5. The molecule has 3 heterocycles. The lowest BCUT2D eigenvalue weighted by Gasteiger charge is -2.21. The fraction of sp³-hybridized carbons (Fsp3) is 0.500. The Morgan fingerprint density at radius 2 is 2.08 bits per heavy atom. The summed E-state index contributed by atoms with van der Waals surface area (Å²) in [5.41, 5.74) is 1.40. The molecule has 1 amide bonds. The topological polar surface area (TPSA) is 107 Å². The molecule has 1 aliphatic rings. The average molecular weight is 346 g/mol. The van der Waals surface area contributed by atoms with Crippen LogP contribution in [0.25, 0.3) is 0 Å². The van der Waals surface area contributed by atoms with Crippen LogP contribution < -0.4 is 0 Å². The van der Waals surface area contributed by atoms with Crippen LogP contribution >= 0.6 is 0 Å². The zero-order valence-corrected chi connectivity index (χ0v) is 14.2. The number of carboxylic acid groups (broad SMARTS) is 1. The molecular weight excluding hydrogens is 324 g/mol. The summed E-state index contributed by atoms with van der Waals surface area (Å²) in [5.74, 6) is -1.01. The van der Waals surface area contributed by atoms with Crippen molar-refractivity contribution in [2.75, 3.05) is 26.2 Å². The van der Waals surface area contributed by atoms with Gasteiger partial charge in [-0.25, -0.2) is 4.79 Å². The van der Waals surface area contributed by atoms with E-state index in [4.69, 9.17) is 5.11 Å². The fourth-order valence-electron chi connectivity index (χ4n) is 3.02. The number of rotatable bonds is 5. The first-order chi connectivity index (χ1) is 12.1. The average Bonchev–Trinajstić information content (AvgIpc) is 3.20. The van der Waals surface area contributed by atoms with Crippen molar-refractivity contribution in [3.8, 4) is 0 Å². The van der Waals surface area contributed by atoms with E-state index in [0.717, 1.165) is 19.5 Å². The molecule has 0 atom stereocenters. The van der Waals surface area contributed by atoms with E-state index in [1.807, 2.05) is 11.8 Å². The second kappa shape index (κ2) is 7.47. The minimum Gasteiger partial charge on any atom is -0.477 e. The molecule has 0 unspecified atom stereocenters. The molecule has 2 aromatic heterocycles. The lowest BCUT2D eigenvalue weighted by Crippen LogP contribution is -2.35. The normalized spacial score (nSPS) is 16.0. The van der Waals surface area contributed by atoms with Crippen molar-refractivity contribution in [2.45, 2.75) is 26.4 Å². The molecule has 2 N–H and O–H groups in total. The van der Waals surface area contributed by atoms with Crippen LogP contribution in [0.2, 0.25) is 0 Å². The summed E-state index contributed by atoms with van der Waals surface area (Å²) < 4.78 is 1.74. The van der Waals surface area contributed by atoms with Gasteiger partial charge in [-0.1, -0.05) is 0 Å². The van der Waals surface area contributed by atoms with Crippen LogP contribution in [0.15, 0.2) is 18.6 Å². The Bertz CT molecular complexity index is 753. The van der Waals surface area contributed by atoms with Crippen molar-refractivity contribution in [1.29, 1.82) is 0 Å². The molecule has 0 spiro atoms. The molecule has 1 saturated heterocycles. The Balaban J connectivity index is 1.61. The van der Waals surface area contributed by atoms with Crippen LogP contribution in [0.3, 0.4) is 0 Å². The van der Waals surface area contributed by atoms with Crippen LogP contribution in [-0.4, -0.2) is 72.9 Å². The van der Waals surface area contributed by atoms with Gasteiger partial charge in [0.2, 0.25) is 0 Å². The van der Waals surface area contributed by atoms with Crippen LogP contribution in [0.1, 0.15) is 39.8 Å². The molecular formula is C16H22N6O3. The van der Waals surface area contributed by atoms with Crippen molar-refractivity contribution in [3.05, 3.63) is 35.4 Å². The number of aryl methyl sites for hydroxylation is 1. The molecule has 9 nitrogen and oxygen atoms in total. The number of amides is 1. The Kier molecular flexibility index (Phi) is 5.13. The SMILES string of the molecule is CCn1cc(C(=O)N2CCCN(Cc3cn[nH]c3C(=O)O)CC2)cn1. The summed E-state index contributed by atoms with van der Waals surface area (Å²) in [6, 6.07) is 0. The molecule has 9 heteroatoms. The summed E-state index contributed by atoms with van der Waals surface area (Å²) in [4.78, 5) is 27.8. The lowest BCUT2D eigenvalue weighted by molar-refractivity contribution is 0.0687. The number of aromatic carboxylic acids is 1. The monoisotopic (exact) mass is 346 g/mol. The van der Waals surface area contributed by atoms with E-state index in [2.05, 4.69) is 20.2 Å². The molecule has 0 bridgehead atoms. The number of carbonyl (C=O) groups is 2. The molecule has 0 saturated carbocycles. The summed E-state index contributed by atoms with van der Waals surface area (Å²) in [6.07, 6.45) is 5.78. The molecule has 0 aliphatic carbocycles. The van der Waals surface area contributed by atoms with Gasteiger partial charge in [0.1, 0.15) is 5.69 Å². The molecule has 134 valence electrons. The largest absolute Gasteiger partial charge is 0.477 e. The zero-order valence-electron chi connectivity index (χ0n) is 14.2. The number of aromatic amines is 1. The van der Waals surface area contributed by atoms with Gasteiger partial charge in [0.05, 0.1) is 18.0 Å². The first kappa shape index (κ1) is 17.2. The van der Waals surface area contributed by atoms with E-state index >= 15 is 0 Å². The fourth-order valence-corrected chi connectivity index (χ4v) is 3.02. The van der Waals surface area contributed by atoms with Gasteiger partial charge in [-0.3, -0.25) is 19.5 Å². The Hall–Kier alpha value is -2.68. The van der Waals surface area contributed by atoms with Gasteiger partial charge in [0.25, 0.3) is 5.91 Å². The predicted molar refractivity (Wildman–Crippen MR) is 89.2 cm³/mol. The number of carboxylic acids is 1. The minimum absolute atomic E-state index is 0.00362. The predicted octanol–water partition coefficient (Wildman–Crippen LogP) is 0.672. The molecule has 0 radical (unpaired) electrons. The number of hydrogen-bond donors (Lipinski definition) is 2. The molecule has 1 fully saturated rings. The molecule has 25 heavy (non-hydrogen) atoms. The first-order valence-electron chi connectivity index (χ1n) is 8.38. The van der Waals surface area contributed by atoms with Crippen molar-refractivity contribution >= 4 is 11.9 Å². The highest BCUT2D eigenvalue weighted by Gasteiger charge is 2.22. The second-order valence-electron chi connectivity index (χ2n) is 6.08. The molecule has 2 aromatic rings. The van der Waals surface area contributed by atoms with E-state index < -0.39 is 5.97 Å². The van der Waals surface area contributed by atoms with E-state index in [-0.39, 0.29) is 11.6 Å². The van der Waals surface area contributed by atoms with Gasteiger partial charge in [-0.05, 0) is 13.3 Å². The zero-order chi connectivity index (χ0) is 17.8. The van der Waals surface area contributed by atoms with E-state index in [1.54, 1.807) is 23.3 Å². The maximum atomic E-state index is 12.6. The summed E-state index contributed by atoms with van der Waals surface area (Å²) in [7, 11) is 0. The number of nitrogens with zero attached hydrogens (tertiary/aromatic N) is 5. The highest BCUT2D eigenvalue weighted by atomic mass is 16.4. The van der Waals surface area contributed by atoms with Crippen molar-refractivity contribution < 1.29 is 14.7 Å². The third-order valence-corrected chi connectivity index (χ3v) is 4.41.